The minimum atomic E-state index is -1.01. The molecule has 0 aromatic heterocycles. The van der Waals surface area contributed by atoms with E-state index in [0.29, 0.717) is 0 Å². The molecule has 1 rings (SSSR count). The summed E-state index contributed by atoms with van der Waals surface area (Å²) in [6, 6.07) is 8.19. The summed E-state index contributed by atoms with van der Waals surface area (Å²) in [5.74, 6) is -0.454. The van der Waals surface area contributed by atoms with Crippen molar-refractivity contribution in [3.8, 4) is 0 Å². The van der Waals surface area contributed by atoms with E-state index in [9.17, 15) is 9.59 Å². The largest absolute Gasteiger partial charge is 0.445 e. The number of likely N-dealkylation sites (N-methyl/N-ethyl adjacent to an activating group) is 1. The van der Waals surface area contributed by atoms with Crippen molar-refractivity contribution >= 4 is 17.7 Å². The van der Waals surface area contributed by atoms with Crippen LogP contribution in [0.2, 0.25) is 0 Å². The summed E-state index contributed by atoms with van der Waals surface area (Å²) in [7, 11) is 1.44. The Kier molecular flexibility index (Phi) is 5.53. The van der Waals surface area contributed by atoms with Crippen LogP contribution >= 0.6 is 0 Å². The lowest BCUT2D eigenvalue weighted by atomic mass is 10.2. The molecule has 19 heavy (non-hydrogen) atoms. The number of alkyl carbamates (subject to hydrolysis) is 1. The number of carbonyl (C=O) groups excluding carboxylic acids is 2. The van der Waals surface area contributed by atoms with Gasteiger partial charge in [-0.3, -0.25) is 4.79 Å². The molecule has 1 atom stereocenters. The lowest BCUT2D eigenvalue weighted by molar-refractivity contribution is -0.121. The number of carbonyl (C=O) groups is 2. The summed E-state index contributed by atoms with van der Waals surface area (Å²) in [5, 5.41) is 12.2. The van der Waals surface area contributed by atoms with Crippen molar-refractivity contribution in [2.24, 2.45) is 0 Å². The highest BCUT2D eigenvalue weighted by molar-refractivity contribution is 6.07. The van der Waals surface area contributed by atoms with Gasteiger partial charge in [0.05, 0.1) is 0 Å². The van der Waals surface area contributed by atoms with Crippen LogP contribution in [0.15, 0.2) is 30.3 Å². The molecular weight excluding hydrogens is 246 g/mol. The van der Waals surface area contributed by atoms with Gasteiger partial charge in [0.25, 0.3) is 0 Å². The van der Waals surface area contributed by atoms with E-state index in [1.807, 2.05) is 30.3 Å². The molecule has 0 bridgehead atoms. The standard InChI is InChI=1S/C13H17N3O3/c1-9(14)11(12(17)15-2)16-13(18)19-8-10-6-4-3-5-7-10/h3-7,11,14H,8H2,1-2H3,(H,15,17)(H,16,18). The van der Waals surface area contributed by atoms with Gasteiger partial charge in [0.1, 0.15) is 12.6 Å². The third-order valence-corrected chi connectivity index (χ3v) is 2.42. The molecule has 0 aliphatic carbocycles. The van der Waals surface area contributed by atoms with E-state index < -0.39 is 18.0 Å². The van der Waals surface area contributed by atoms with Crippen molar-refractivity contribution in [2.45, 2.75) is 19.6 Å². The van der Waals surface area contributed by atoms with Gasteiger partial charge in [0.15, 0.2) is 0 Å². The van der Waals surface area contributed by atoms with E-state index in [2.05, 4.69) is 10.6 Å². The lowest BCUT2D eigenvalue weighted by Gasteiger charge is -2.15. The zero-order valence-electron chi connectivity index (χ0n) is 10.9. The van der Waals surface area contributed by atoms with Gasteiger partial charge in [-0.25, -0.2) is 4.79 Å². The molecule has 0 fully saturated rings. The second-order valence-electron chi connectivity index (χ2n) is 3.94. The molecule has 0 spiro atoms. The number of hydrogen-bond donors (Lipinski definition) is 3. The van der Waals surface area contributed by atoms with Crippen LogP contribution in [-0.4, -0.2) is 30.8 Å². The average molecular weight is 263 g/mol. The molecule has 0 saturated carbocycles. The highest BCUT2D eigenvalue weighted by atomic mass is 16.5. The van der Waals surface area contributed by atoms with Crippen molar-refractivity contribution in [3.63, 3.8) is 0 Å². The van der Waals surface area contributed by atoms with Gasteiger partial charge in [-0.2, -0.15) is 0 Å². The van der Waals surface area contributed by atoms with E-state index in [-0.39, 0.29) is 12.3 Å². The maximum absolute atomic E-state index is 11.5. The van der Waals surface area contributed by atoms with Crippen molar-refractivity contribution in [1.29, 1.82) is 5.41 Å². The van der Waals surface area contributed by atoms with E-state index in [1.165, 1.54) is 14.0 Å². The molecule has 0 heterocycles. The molecule has 6 heteroatoms. The Labute approximate surface area is 111 Å². The van der Waals surface area contributed by atoms with Gasteiger partial charge in [0.2, 0.25) is 5.91 Å². The predicted octanol–water partition coefficient (Wildman–Crippen LogP) is 1.07. The minimum absolute atomic E-state index is 0.0380. The molecule has 3 N–H and O–H groups in total. The maximum atomic E-state index is 11.5. The van der Waals surface area contributed by atoms with Gasteiger partial charge in [-0.1, -0.05) is 30.3 Å². The normalized spacial score (nSPS) is 11.3. The van der Waals surface area contributed by atoms with Crippen LogP contribution in [0, 0.1) is 5.41 Å². The molecule has 0 radical (unpaired) electrons. The fourth-order valence-corrected chi connectivity index (χ4v) is 1.40. The topological polar surface area (TPSA) is 91.3 Å². The first-order valence-corrected chi connectivity index (χ1v) is 5.78. The van der Waals surface area contributed by atoms with E-state index >= 15 is 0 Å². The van der Waals surface area contributed by atoms with Crippen LogP contribution in [0.3, 0.4) is 0 Å². The highest BCUT2D eigenvalue weighted by Gasteiger charge is 2.22. The number of hydrogen-bond acceptors (Lipinski definition) is 4. The van der Waals surface area contributed by atoms with Gasteiger partial charge < -0.3 is 20.8 Å². The van der Waals surface area contributed by atoms with Gasteiger partial charge in [-0.05, 0) is 12.5 Å². The molecule has 0 saturated heterocycles. The highest BCUT2D eigenvalue weighted by Crippen LogP contribution is 2.01. The molecule has 0 aliphatic rings. The van der Waals surface area contributed by atoms with Crippen molar-refractivity contribution < 1.29 is 14.3 Å². The van der Waals surface area contributed by atoms with E-state index in [4.69, 9.17) is 10.1 Å². The van der Waals surface area contributed by atoms with Crippen LogP contribution in [0.25, 0.3) is 0 Å². The van der Waals surface area contributed by atoms with E-state index in [1.54, 1.807) is 0 Å². The first-order chi connectivity index (χ1) is 9.04. The van der Waals surface area contributed by atoms with E-state index in [0.717, 1.165) is 5.56 Å². The Morgan fingerprint density at radius 2 is 1.95 bits per heavy atom. The Morgan fingerprint density at radius 3 is 2.47 bits per heavy atom. The van der Waals surface area contributed by atoms with Crippen LogP contribution in [-0.2, 0) is 16.1 Å². The van der Waals surface area contributed by atoms with Crippen LogP contribution < -0.4 is 10.6 Å². The van der Waals surface area contributed by atoms with Crippen molar-refractivity contribution in [3.05, 3.63) is 35.9 Å². The lowest BCUT2D eigenvalue weighted by Crippen LogP contribution is -2.49. The zero-order chi connectivity index (χ0) is 14.3. The fourth-order valence-electron chi connectivity index (χ4n) is 1.40. The summed E-state index contributed by atoms with van der Waals surface area (Å²) < 4.78 is 4.98. The first-order valence-electron chi connectivity index (χ1n) is 5.78. The first kappa shape index (κ1) is 14.7. The SMILES string of the molecule is CNC(=O)C(NC(=O)OCc1ccccc1)C(C)=N. The zero-order valence-corrected chi connectivity index (χ0v) is 10.9. The molecule has 1 unspecified atom stereocenters. The molecule has 2 amide bonds. The predicted molar refractivity (Wildman–Crippen MR) is 71.0 cm³/mol. The molecule has 1 aromatic carbocycles. The Morgan fingerprint density at radius 1 is 1.32 bits per heavy atom. The summed E-state index contributed by atoms with van der Waals surface area (Å²) in [6.45, 7) is 1.56. The Bertz CT molecular complexity index is 459. The fraction of sp³-hybridized carbons (Fsp3) is 0.308. The summed E-state index contributed by atoms with van der Waals surface area (Å²) in [6.07, 6.45) is -0.732. The van der Waals surface area contributed by atoms with Gasteiger partial charge in [-0.15, -0.1) is 0 Å². The number of nitrogens with one attached hydrogen (secondary N) is 3. The average Bonchev–Trinajstić information content (AvgIpc) is 2.42. The monoisotopic (exact) mass is 263 g/mol. The molecule has 0 aliphatic heterocycles. The summed E-state index contributed by atoms with van der Waals surface area (Å²) >= 11 is 0. The Hall–Kier alpha value is -2.37. The van der Waals surface area contributed by atoms with Crippen molar-refractivity contribution in [2.75, 3.05) is 7.05 Å². The van der Waals surface area contributed by atoms with Gasteiger partial charge >= 0.3 is 6.09 Å². The third kappa shape index (κ3) is 4.79. The summed E-state index contributed by atoms with van der Waals surface area (Å²) in [4.78, 5) is 23.0. The molecule has 6 nitrogen and oxygen atoms in total. The molecule has 1 aromatic rings. The minimum Gasteiger partial charge on any atom is -0.445 e. The maximum Gasteiger partial charge on any atom is 0.408 e. The summed E-state index contributed by atoms with van der Waals surface area (Å²) in [5.41, 5.74) is 0.886. The van der Waals surface area contributed by atoms with Crippen LogP contribution in [0.5, 0.6) is 0 Å². The van der Waals surface area contributed by atoms with Crippen molar-refractivity contribution in [1.82, 2.24) is 10.6 Å². The molecule has 102 valence electrons. The smallest absolute Gasteiger partial charge is 0.408 e. The van der Waals surface area contributed by atoms with Crippen LogP contribution in [0.4, 0.5) is 4.79 Å². The second kappa shape index (κ2) is 7.15. The number of amides is 2. The number of rotatable bonds is 5. The van der Waals surface area contributed by atoms with Crippen LogP contribution in [0.1, 0.15) is 12.5 Å². The Balaban J connectivity index is 2.49. The number of benzene rings is 1. The quantitative estimate of drug-likeness (QED) is 0.694. The van der Waals surface area contributed by atoms with Gasteiger partial charge in [0, 0.05) is 12.8 Å². The molecular formula is C13H17N3O3. The third-order valence-electron chi connectivity index (χ3n) is 2.42. The second-order valence-corrected chi connectivity index (χ2v) is 3.94. The number of ether oxygens (including phenoxy) is 1.